The normalized spacial score (nSPS) is 11.8. The number of pyridine rings is 1. The van der Waals surface area contributed by atoms with Crippen LogP contribution < -0.4 is 10.9 Å². The van der Waals surface area contributed by atoms with Crippen LogP contribution in [-0.2, 0) is 18.5 Å². The lowest BCUT2D eigenvalue weighted by atomic mass is 10.0. The number of aromatic nitrogens is 2. The number of nitro groups is 1. The van der Waals surface area contributed by atoms with Crippen molar-refractivity contribution in [2.24, 2.45) is 7.05 Å². The number of rotatable bonds is 8. The Morgan fingerprint density at radius 3 is 2.55 bits per heavy atom. The van der Waals surface area contributed by atoms with Crippen LogP contribution in [0.3, 0.4) is 0 Å². The Labute approximate surface area is 180 Å². The number of fused-ring (bicyclic) bond motifs is 1. The largest absolute Gasteiger partial charge is 0.382 e. The summed E-state index contributed by atoms with van der Waals surface area (Å²) in [7, 11) is 1.83. The lowest BCUT2D eigenvalue weighted by molar-refractivity contribution is -0.386. The van der Waals surface area contributed by atoms with Gasteiger partial charge in [-0.1, -0.05) is 19.6 Å². The highest BCUT2D eigenvalue weighted by atomic mass is 28.3. The molecule has 0 fully saturated rings. The minimum Gasteiger partial charge on any atom is -0.382 e. The fourth-order valence-corrected chi connectivity index (χ4v) is 4.19. The van der Waals surface area contributed by atoms with Crippen LogP contribution in [0.15, 0.2) is 35.4 Å². The van der Waals surface area contributed by atoms with E-state index in [0.717, 1.165) is 6.04 Å². The van der Waals surface area contributed by atoms with Crippen molar-refractivity contribution < 1.29 is 14.1 Å². The van der Waals surface area contributed by atoms with Gasteiger partial charge in [-0.3, -0.25) is 14.9 Å². The third-order valence-electron chi connectivity index (χ3n) is 5.18. The molecule has 8 nitrogen and oxygen atoms in total. The first kappa shape index (κ1) is 22.7. The van der Waals surface area contributed by atoms with Gasteiger partial charge >= 0.3 is 5.69 Å². The quantitative estimate of drug-likeness (QED) is 0.240. The molecular weight excluding hydrogens is 419 g/mol. The van der Waals surface area contributed by atoms with Crippen LogP contribution in [0.1, 0.15) is 0 Å². The molecule has 3 rings (SSSR count). The summed E-state index contributed by atoms with van der Waals surface area (Å²) in [4.78, 5) is 23.5. The van der Waals surface area contributed by atoms with Crippen LogP contribution in [-0.4, -0.2) is 35.8 Å². The first-order valence-electron chi connectivity index (χ1n) is 9.96. The fraction of sp³-hybridized carbons (Fsp3) is 0.381. The molecule has 0 unspecified atom stereocenters. The molecular formula is C21H27FN4O4Si. The summed E-state index contributed by atoms with van der Waals surface area (Å²) in [6, 6.07) is 5.66. The molecule has 2 heterocycles. The highest BCUT2D eigenvalue weighted by Gasteiger charge is 2.25. The zero-order valence-corrected chi connectivity index (χ0v) is 19.4. The number of benzene rings is 1. The monoisotopic (exact) mass is 446 g/mol. The average molecular weight is 447 g/mol. The van der Waals surface area contributed by atoms with Gasteiger partial charge in [0, 0.05) is 57.7 Å². The number of nitrogens with one attached hydrogen (secondary N) is 1. The zero-order chi connectivity index (χ0) is 22.9. The molecule has 166 valence electrons. The van der Waals surface area contributed by atoms with Crippen LogP contribution in [0, 0.1) is 15.9 Å². The van der Waals surface area contributed by atoms with Crippen molar-refractivity contribution in [1.82, 2.24) is 9.13 Å². The van der Waals surface area contributed by atoms with Crippen LogP contribution in [0.4, 0.5) is 15.8 Å². The van der Waals surface area contributed by atoms with E-state index in [4.69, 9.17) is 4.74 Å². The van der Waals surface area contributed by atoms with Gasteiger partial charge in [-0.25, -0.2) is 0 Å². The van der Waals surface area contributed by atoms with Gasteiger partial charge in [-0.2, -0.15) is 4.39 Å². The number of hydrogen-bond acceptors (Lipinski definition) is 5. The highest BCUT2D eigenvalue weighted by molar-refractivity contribution is 6.76. The minimum absolute atomic E-state index is 0.0590. The Hall–Kier alpha value is -2.98. The Bertz CT molecular complexity index is 1200. The molecule has 1 N–H and O–H groups in total. The summed E-state index contributed by atoms with van der Waals surface area (Å²) in [6.07, 6.45) is 3.22. The summed E-state index contributed by atoms with van der Waals surface area (Å²) >= 11 is 0. The lowest BCUT2D eigenvalue weighted by Gasteiger charge is -2.16. The molecule has 0 amide bonds. The molecule has 0 aliphatic rings. The Balaban J connectivity index is 2.09. The van der Waals surface area contributed by atoms with Crippen molar-refractivity contribution >= 4 is 30.4 Å². The van der Waals surface area contributed by atoms with Gasteiger partial charge in [0.15, 0.2) is 0 Å². The van der Waals surface area contributed by atoms with Gasteiger partial charge in [0.1, 0.15) is 17.9 Å². The Morgan fingerprint density at radius 2 is 1.94 bits per heavy atom. The molecule has 0 saturated carbocycles. The number of hydrogen-bond donors (Lipinski definition) is 1. The number of nitro benzene ring substituents is 1. The molecule has 0 aliphatic carbocycles. The van der Waals surface area contributed by atoms with E-state index in [0.29, 0.717) is 23.1 Å². The van der Waals surface area contributed by atoms with Crippen molar-refractivity contribution in [3.05, 3.63) is 56.9 Å². The highest BCUT2D eigenvalue weighted by Crippen LogP contribution is 2.37. The molecule has 2 aromatic heterocycles. The zero-order valence-electron chi connectivity index (χ0n) is 18.4. The molecule has 1 aromatic carbocycles. The van der Waals surface area contributed by atoms with E-state index in [1.54, 1.807) is 23.9 Å². The lowest BCUT2D eigenvalue weighted by Crippen LogP contribution is -2.23. The Morgan fingerprint density at radius 1 is 1.23 bits per heavy atom. The average Bonchev–Trinajstić information content (AvgIpc) is 3.11. The molecule has 3 aromatic rings. The van der Waals surface area contributed by atoms with Gasteiger partial charge in [0.2, 0.25) is 5.82 Å². The second-order valence-corrected chi connectivity index (χ2v) is 14.3. The van der Waals surface area contributed by atoms with E-state index in [1.807, 2.05) is 0 Å². The minimum atomic E-state index is -1.24. The van der Waals surface area contributed by atoms with Crippen molar-refractivity contribution in [3.63, 3.8) is 0 Å². The summed E-state index contributed by atoms with van der Waals surface area (Å²) in [5.74, 6) is -0.948. The topological polar surface area (TPSA) is 91.3 Å². The van der Waals surface area contributed by atoms with Crippen LogP contribution in [0.5, 0.6) is 0 Å². The van der Waals surface area contributed by atoms with E-state index >= 15 is 4.39 Å². The maximum atomic E-state index is 15.2. The number of anilines is 1. The van der Waals surface area contributed by atoms with Gasteiger partial charge < -0.3 is 19.2 Å². The van der Waals surface area contributed by atoms with E-state index in [9.17, 15) is 14.9 Å². The summed E-state index contributed by atoms with van der Waals surface area (Å²) in [5, 5.41) is 14.6. The van der Waals surface area contributed by atoms with E-state index in [-0.39, 0.29) is 23.5 Å². The SMILES string of the molecule is CNc1ccc(-c2cn(C)c(=O)c3c2ccn3COCC[Si](C)(C)C)c(F)c1[N+](=O)[O-]. The fourth-order valence-electron chi connectivity index (χ4n) is 3.43. The number of halogens is 1. The van der Waals surface area contributed by atoms with E-state index < -0.39 is 24.5 Å². The van der Waals surface area contributed by atoms with Gasteiger partial charge in [0.25, 0.3) is 5.56 Å². The number of aryl methyl sites for hydroxylation is 1. The number of ether oxygens (including phenoxy) is 1. The summed E-state index contributed by atoms with van der Waals surface area (Å²) in [6.45, 7) is 7.58. The maximum absolute atomic E-state index is 15.2. The second-order valence-electron chi connectivity index (χ2n) is 8.69. The maximum Gasteiger partial charge on any atom is 0.328 e. The van der Waals surface area contributed by atoms with Crippen LogP contribution in [0.25, 0.3) is 22.0 Å². The predicted octanol–water partition coefficient (Wildman–Crippen LogP) is 4.41. The van der Waals surface area contributed by atoms with Gasteiger partial charge in [-0.15, -0.1) is 0 Å². The Kier molecular flexibility index (Phi) is 6.32. The molecule has 10 heteroatoms. The first-order chi connectivity index (χ1) is 14.5. The van der Waals surface area contributed by atoms with Crippen molar-refractivity contribution in [3.8, 4) is 11.1 Å². The smallest absolute Gasteiger partial charge is 0.328 e. The molecule has 31 heavy (non-hydrogen) atoms. The first-order valence-corrected chi connectivity index (χ1v) is 13.7. The summed E-state index contributed by atoms with van der Waals surface area (Å²) < 4.78 is 24.0. The summed E-state index contributed by atoms with van der Waals surface area (Å²) in [5.41, 5.74) is 0.0359. The van der Waals surface area contributed by atoms with Crippen LogP contribution in [0.2, 0.25) is 25.7 Å². The van der Waals surface area contributed by atoms with E-state index in [1.165, 1.54) is 29.9 Å². The predicted molar refractivity (Wildman–Crippen MR) is 123 cm³/mol. The molecule has 0 radical (unpaired) electrons. The van der Waals surface area contributed by atoms with Crippen LogP contribution >= 0.6 is 0 Å². The molecule has 0 spiro atoms. The molecule has 0 bridgehead atoms. The molecule has 0 aliphatic heterocycles. The third-order valence-corrected chi connectivity index (χ3v) is 6.89. The van der Waals surface area contributed by atoms with Gasteiger partial charge in [0.05, 0.1) is 4.92 Å². The third kappa shape index (κ3) is 4.54. The van der Waals surface area contributed by atoms with E-state index in [2.05, 4.69) is 25.0 Å². The number of nitrogens with zero attached hydrogens (tertiary/aromatic N) is 3. The van der Waals surface area contributed by atoms with Gasteiger partial charge in [-0.05, 0) is 24.2 Å². The van der Waals surface area contributed by atoms with Crippen molar-refractivity contribution in [2.45, 2.75) is 32.4 Å². The molecule has 0 atom stereocenters. The molecule has 0 saturated heterocycles. The van der Waals surface area contributed by atoms with Crippen molar-refractivity contribution in [1.29, 1.82) is 0 Å². The van der Waals surface area contributed by atoms with Crippen molar-refractivity contribution in [2.75, 3.05) is 19.0 Å². The second kappa shape index (κ2) is 8.64. The standard InChI is InChI=1S/C21H27FN4O4Si/c1-23-17-7-6-14(18(22)20(17)26(28)29)16-12-24(2)21(27)19-15(16)8-9-25(19)13-30-10-11-31(3,4)5/h6-9,12,23H,10-11,13H2,1-5H3.